The van der Waals surface area contributed by atoms with Crippen LogP contribution in [0, 0.1) is 0 Å². The van der Waals surface area contributed by atoms with Crippen LogP contribution < -0.4 is 16.3 Å². The third-order valence-electron chi connectivity index (χ3n) is 3.55. The summed E-state index contributed by atoms with van der Waals surface area (Å²) in [5.41, 5.74) is 6.14. The first-order valence-corrected chi connectivity index (χ1v) is 6.27. The zero-order valence-electron chi connectivity index (χ0n) is 10.8. The van der Waals surface area contributed by atoms with E-state index in [1.54, 1.807) is 0 Å². The number of likely N-dealkylation sites (N-methyl/N-ethyl adjacent to an activating group) is 1. The van der Waals surface area contributed by atoms with E-state index in [-0.39, 0.29) is 11.7 Å². The Balaban J connectivity index is 1.96. The first-order valence-electron chi connectivity index (χ1n) is 6.27. The van der Waals surface area contributed by atoms with E-state index in [4.69, 9.17) is 5.73 Å². The third-order valence-corrected chi connectivity index (χ3v) is 3.55. The minimum atomic E-state index is -0.275. The molecule has 19 heavy (non-hydrogen) atoms. The number of anilines is 1. The number of nitrogens with one attached hydrogen (secondary N) is 1. The van der Waals surface area contributed by atoms with E-state index in [1.807, 2.05) is 6.07 Å². The van der Waals surface area contributed by atoms with Crippen LogP contribution in [-0.4, -0.2) is 63.8 Å². The highest BCUT2D eigenvalue weighted by Gasteiger charge is 2.25. The SMILES string of the molecule is CN1CCN(c2cc3n[nH]c(=O)n3cn2)C(CN)C1. The molecule has 1 unspecified atom stereocenters. The maximum absolute atomic E-state index is 11.4. The fraction of sp³-hybridized carbons (Fsp3) is 0.545. The van der Waals surface area contributed by atoms with Crippen LogP contribution in [0.2, 0.25) is 0 Å². The Morgan fingerprint density at radius 2 is 2.37 bits per heavy atom. The van der Waals surface area contributed by atoms with Crippen LogP contribution in [0.4, 0.5) is 5.82 Å². The summed E-state index contributed by atoms with van der Waals surface area (Å²) in [6.45, 7) is 3.33. The number of aromatic amines is 1. The summed E-state index contributed by atoms with van der Waals surface area (Å²) in [4.78, 5) is 20.2. The fourth-order valence-corrected chi connectivity index (χ4v) is 2.47. The van der Waals surface area contributed by atoms with Crippen LogP contribution in [0.3, 0.4) is 0 Å². The molecular weight excluding hydrogens is 246 g/mol. The monoisotopic (exact) mass is 263 g/mol. The van der Waals surface area contributed by atoms with Crippen LogP contribution >= 0.6 is 0 Å². The highest BCUT2D eigenvalue weighted by molar-refractivity contribution is 5.51. The van der Waals surface area contributed by atoms with E-state index in [0.717, 1.165) is 25.5 Å². The van der Waals surface area contributed by atoms with Crippen molar-refractivity contribution in [1.82, 2.24) is 24.5 Å². The number of fused-ring (bicyclic) bond motifs is 1. The van der Waals surface area contributed by atoms with Crippen molar-refractivity contribution in [3.8, 4) is 0 Å². The Kier molecular flexibility index (Phi) is 2.96. The van der Waals surface area contributed by atoms with Crippen molar-refractivity contribution >= 4 is 11.5 Å². The highest BCUT2D eigenvalue weighted by Crippen LogP contribution is 2.17. The molecule has 0 radical (unpaired) electrons. The summed E-state index contributed by atoms with van der Waals surface area (Å²) in [6.07, 6.45) is 1.50. The van der Waals surface area contributed by atoms with E-state index >= 15 is 0 Å². The largest absolute Gasteiger partial charge is 0.350 e. The zero-order chi connectivity index (χ0) is 13.4. The highest BCUT2D eigenvalue weighted by atomic mass is 16.1. The number of nitrogens with two attached hydrogens (primary N) is 1. The average molecular weight is 263 g/mol. The second kappa shape index (κ2) is 4.63. The van der Waals surface area contributed by atoms with Crippen LogP contribution in [0.15, 0.2) is 17.2 Å². The molecule has 3 N–H and O–H groups in total. The maximum Gasteiger partial charge on any atom is 0.348 e. The molecule has 0 aliphatic carbocycles. The van der Waals surface area contributed by atoms with Gasteiger partial charge in [0.05, 0.1) is 6.04 Å². The zero-order valence-corrected chi connectivity index (χ0v) is 10.8. The summed E-state index contributed by atoms with van der Waals surface area (Å²) in [7, 11) is 2.09. The second-order valence-corrected chi connectivity index (χ2v) is 4.85. The van der Waals surface area contributed by atoms with Crippen molar-refractivity contribution in [3.05, 3.63) is 22.9 Å². The number of rotatable bonds is 2. The summed E-state index contributed by atoms with van der Waals surface area (Å²) in [6, 6.07) is 2.05. The molecule has 8 nitrogen and oxygen atoms in total. The molecule has 3 heterocycles. The lowest BCUT2D eigenvalue weighted by atomic mass is 10.1. The maximum atomic E-state index is 11.4. The normalized spacial score (nSPS) is 21.2. The standard InChI is InChI=1S/C11H17N7O/c1-16-2-3-17(8(5-12)6-16)9-4-10-14-15-11(19)18(10)7-13-9/h4,7-8H,2-3,5-6,12H2,1H3,(H,15,19). The van der Waals surface area contributed by atoms with Gasteiger partial charge in [0.2, 0.25) is 0 Å². The molecule has 0 bridgehead atoms. The summed E-state index contributed by atoms with van der Waals surface area (Å²) in [5, 5.41) is 6.36. The Hall–Kier alpha value is -1.93. The van der Waals surface area contributed by atoms with Gasteiger partial charge in [-0.2, -0.15) is 5.10 Å². The van der Waals surface area contributed by atoms with Gasteiger partial charge >= 0.3 is 5.69 Å². The van der Waals surface area contributed by atoms with Gasteiger partial charge in [0.1, 0.15) is 12.1 Å². The molecule has 0 saturated carbocycles. The molecule has 0 aromatic carbocycles. The molecule has 3 rings (SSSR count). The Morgan fingerprint density at radius 1 is 1.53 bits per heavy atom. The summed E-state index contributed by atoms with van der Waals surface area (Å²) >= 11 is 0. The fourth-order valence-electron chi connectivity index (χ4n) is 2.47. The Bertz CT molecular complexity index is 633. The van der Waals surface area contributed by atoms with Crippen molar-refractivity contribution < 1.29 is 0 Å². The van der Waals surface area contributed by atoms with Crippen molar-refractivity contribution in [2.75, 3.05) is 38.1 Å². The topological polar surface area (TPSA) is 95.5 Å². The minimum absolute atomic E-state index is 0.236. The molecule has 1 aliphatic rings. The average Bonchev–Trinajstić information content (AvgIpc) is 2.79. The number of piperazine rings is 1. The van der Waals surface area contributed by atoms with Crippen molar-refractivity contribution in [1.29, 1.82) is 0 Å². The molecule has 1 saturated heterocycles. The van der Waals surface area contributed by atoms with E-state index < -0.39 is 0 Å². The van der Waals surface area contributed by atoms with E-state index in [1.165, 1.54) is 10.7 Å². The van der Waals surface area contributed by atoms with Gasteiger partial charge in [0.25, 0.3) is 0 Å². The molecule has 8 heteroatoms. The molecule has 2 aromatic rings. The van der Waals surface area contributed by atoms with Crippen LogP contribution in [-0.2, 0) is 0 Å². The molecule has 1 aliphatic heterocycles. The van der Waals surface area contributed by atoms with Gasteiger partial charge in [-0.15, -0.1) is 0 Å². The molecule has 0 spiro atoms. The first-order chi connectivity index (χ1) is 9.19. The Labute approximate surface area is 109 Å². The Morgan fingerprint density at radius 3 is 3.16 bits per heavy atom. The van der Waals surface area contributed by atoms with Crippen molar-refractivity contribution in [2.24, 2.45) is 5.73 Å². The quantitative estimate of drug-likeness (QED) is 0.684. The molecule has 1 fully saturated rings. The smallest absolute Gasteiger partial charge is 0.348 e. The first kappa shape index (κ1) is 12.1. The van der Waals surface area contributed by atoms with Gasteiger partial charge in [-0.1, -0.05) is 0 Å². The van der Waals surface area contributed by atoms with Crippen molar-refractivity contribution in [2.45, 2.75) is 6.04 Å². The molecule has 0 amide bonds. The van der Waals surface area contributed by atoms with E-state index in [2.05, 4.69) is 32.0 Å². The van der Waals surface area contributed by atoms with Gasteiger partial charge in [-0.05, 0) is 7.05 Å². The van der Waals surface area contributed by atoms with Gasteiger partial charge in [-0.25, -0.2) is 19.3 Å². The molecule has 102 valence electrons. The van der Waals surface area contributed by atoms with Gasteiger partial charge < -0.3 is 15.5 Å². The number of aromatic nitrogens is 4. The third kappa shape index (κ3) is 2.08. The number of H-pyrrole nitrogens is 1. The van der Waals surface area contributed by atoms with Gasteiger partial charge in [-0.3, -0.25) is 0 Å². The predicted octanol–water partition coefficient (Wildman–Crippen LogP) is -1.50. The molecular formula is C11H17N7O. The molecule has 1 atom stereocenters. The lowest BCUT2D eigenvalue weighted by Gasteiger charge is -2.40. The van der Waals surface area contributed by atoms with Crippen LogP contribution in [0.25, 0.3) is 5.65 Å². The van der Waals surface area contributed by atoms with E-state index in [9.17, 15) is 4.79 Å². The van der Waals surface area contributed by atoms with Gasteiger partial charge in [0, 0.05) is 32.2 Å². The molecule has 2 aromatic heterocycles. The number of hydrogen-bond acceptors (Lipinski definition) is 6. The number of nitrogens with zero attached hydrogens (tertiary/aromatic N) is 5. The van der Waals surface area contributed by atoms with Crippen LogP contribution in [0.1, 0.15) is 0 Å². The lowest BCUT2D eigenvalue weighted by molar-refractivity contribution is 0.269. The second-order valence-electron chi connectivity index (χ2n) is 4.85. The number of hydrogen-bond donors (Lipinski definition) is 2. The lowest BCUT2D eigenvalue weighted by Crippen LogP contribution is -2.55. The summed E-state index contributed by atoms with van der Waals surface area (Å²) in [5.74, 6) is 0.815. The van der Waals surface area contributed by atoms with Crippen LogP contribution in [0.5, 0.6) is 0 Å². The predicted molar refractivity (Wildman–Crippen MR) is 71.3 cm³/mol. The van der Waals surface area contributed by atoms with Gasteiger partial charge in [0.15, 0.2) is 5.65 Å². The van der Waals surface area contributed by atoms with E-state index in [0.29, 0.717) is 12.2 Å². The minimum Gasteiger partial charge on any atom is -0.350 e. The summed E-state index contributed by atoms with van der Waals surface area (Å²) < 4.78 is 1.39. The van der Waals surface area contributed by atoms with Crippen molar-refractivity contribution in [3.63, 3.8) is 0 Å².